The van der Waals surface area contributed by atoms with Crippen molar-refractivity contribution < 1.29 is 9.50 Å². The molecule has 0 aliphatic heterocycles. The highest BCUT2D eigenvalue weighted by atomic mass is 79.9. The molecule has 0 fully saturated rings. The van der Waals surface area contributed by atoms with Gasteiger partial charge in [-0.25, -0.2) is 4.39 Å². The lowest BCUT2D eigenvalue weighted by molar-refractivity contribution is 0.0730. The van der Waals surface area contributed by atoms with Crippen LogP contribution in [-0.4, -0.2) is 19.0 Å². The van der Waals surface area contributed by atoms with Gasteiger partial charge in [0.15, 0.2) is 0 Å². The molecule has 0 bridgehead atoms. The molecule has 1 atom stereocenters. The number of hydrogen-bond donors (Lipinski definition) is 1. The van der Waals surface area contributed by atoms with E-state index in [4.69, 9.17) is 0 Å². The van der Waals surface area contributed by atoms with Gasteiger partial charge >= 0.3 is 0 Å². The maximum absolute atomic E-state index is 12.9. The van der Waals surface area contributed by atoms with E-state index in [2.05, 4.69) is 47.8 Å². The van der Waals surface area contributed by atoms with Crippen molar-refractivity contribution in [3.63, 3.8) is 0 Å². The predicted octanol–water partition coefficient (Wildman–Crippen LogP) is 3.32. The van der Waals surface area contributed by atoms with Gasteiger partial charge in [0, 0.05) is 11.2 Å². The van der Waals surface area contributed by atoms with Gasteiger partial charge in [-0.3, -0.25) is 0 Å². The van der Waals surface area contributed by atoms with Gasteiger partial charge in [0.25, 0.3) is 0 Å². The molecule has 0 rings (SSSR count). The standard InChI is InChI=1S/C6H10Br3FO/c1-5(2,11)4(7)3-6(8,9)10/h4,11H,3H2,1-2H3. The highest BCUT2D eigenvalue weighted by Gasteiger charge is 2.32. The minimum absolute atomic E-state index is 0.149. The second-order valence-corrected chi connectivity index (χ2v) is 7.62. The summed E-state index contributed by atoms with van der Waals surface area (Å²) in [7, 11) is 0. The molecule has 11 heavy (non-hydrogen) atoms. The second-order valence-electron chi connectivity index (χ2n) is 2.94. The SMILES string of the molecule is CC(C)(O)C(Br)CC(F)(Br)Br. The zero-order valence-electron chi connectivity index (χ0n) is 6.24. The smallest absolute Gasteiger partial charge is 0.220 e. The molecule has 5 heteroatoms. The van der Waals surface area contributed by atoms with E-state index >= 15 is 0 Å². The number of halogens is 4. The van der Waals surface area contributed by atoms with Crippen molar-refractivity contribution in [2.24, 2.45) is 0 Å². The first kappa shape index (κ1) is 12.3. The molecule has 1 N–H and O–H groups in total. The molecule has 0 amide bonds. The molecule has 1 unspecified atom stereocenters. The van der Waals surface area contributed by atoms with Crippen molar-refractivity contribution in [1.29, 1.82) is 0 Å². The van der Waals surface area contributed by atoms with Crippen LogP contribution in [0.3, 0.4) is 0 Å². The van der Waals surface area contributed by atoms with E-state index in [1.54, 1.807) is 13.8 Å². The topological polar surface area (TPSA) is 20.2 Å². The van der Waals surface area contributed by atoms with Gasteiger partial charge in [-0.05, 0) is 45.7 Å². The van der Waals surface area contributed by atoms with Crippen LogP contribution in [0.5, 0.6) is 0 Å². The van der Waals surface area contributed by atoms with E-state index in [0.29, 0.717) is 0 Å². The van der Waals surface area contributed by atoms with E-state index in [1.807, 2.05) is 0 Å². The first-order valence-corrected chi connectivity index (χ1v) is 5.56. The molecule has 0 aromatic rings. The van der Waals surface area contributed by atoms with Gasteiger partial charge in [-0.2, -0.15) is 0 Å². The summed E-state index contributed by atoms with van der Waals surface area (Å²) in [6.07, 6.45) is 0.149. The monoisotopic (exact) mass is 354 g/mol. The Kier molecular flexibility index (Phi) is 4.51. The van der Waals surface area contributed by atoms with Crippen LogP contribution in [0.2, 0.25) is 0 Å². The zero-order chi connectivity index (χ0) is 9.28. The summed E-state index contributed by atoms with van der Waals surface area (Å²) in [5.41, 5.74) is -0.918. The van der Waals surface area contributed by atoms with Crippen LogP contribution in [0.25, 0.3) is 0 Å². The molecule has 0 aliphatic carbocycles. The lowest BCUT2D eigenvalue weighted by atomic mass is 10.0. The summed E-state index contributed by atoms with van der Waals surface area (Å²) in [4.78, 5) is -0.293. The van der Waals surface area contributed by atoms with Crippen LogP contribution in [0, 0.1) is 0 Å². The Morgan fingerprint density at radius 3 is 1.91 bits per heavy atom. The van der Waals surface area contributed by atoms with Gasteiger partial charge in [0.05, 0.1) is 5.60 Å². The van der Waals surface area contributed by atoms with Crippen LogP contribution >= 0.6 is 47.8 Å². The molecule has 0 aromatic carbocycles. The molecular weight excluding hydrogens is 347 g/mol. The lowest BCUT2D eigenvalue weighted by Crippen LogP contribution is -2.34. The van der Waals surface area contributed by atoms with Gasteiger partial charge in [0.2, 0.25) is 3.49 Å². The van der Waals surface area contributed by atoms with Crippen LogP contribution in [0.4, 0.5) is 4.39 Å². The maximum atomic E-state index is 12.9. The Balaban J connectivity index is 3.99. The molecule has 68 valence electrons. The number of alkyl halides is 4. The van der Waals surface area contributed by atoms with E-state index in [-0.39, 0.29) is 11.2 Å². The number of hydrogen-bond acceptors (Lipinski definition) is 1. The highest BCUT2D eigenvalue weighted by Crippen LogP contribution is 2.37. The summed E-state index contributed by atoms with van der Waals surface area (Å²) >= 11 is 8.75. The Hall–Kier alpha value is 1.33. The summed E-state index contributed by atoms with van der Waals surface area (Å²) in [5, 5.41) is 9.39. The van der Waals surface area contributed by atoms with Crippen molar-refractivity contribution in [2.75, 3.05) is 0 Å². The Labute approximate surface area is 91.1 Å². The Morgan fingerprint density at radius 2 is 1.82 bits per heavy atom. The number of rotatable bonds is 3. The third-order valence-electron chi connectivity index (χ3n) is 1.18. The first-order chi connectivity index (χ1) is 4.63. The molecule has 0 radical (unpaired) electrons. The van der Waals surface area contributed by atoms with Crippen molar-refractivity contribution >= 4 is 47.8 Å². The van der Waals surface area contributed by atoms with Gasteiger partial charge in [-0.15, -0.1) is 0 Å². The molecule has 0 aliphatic rings. The lowest BCUT2D eigenvalue weighted by Gasteiger charge is -2.26. The van der Waals surface area contributed by atoms with Gasteiger partial charge in [-0.1, -0.05) is 15.9 Å². The Morgan fingerprint density at radius 1 is 1.45 bits per heavy atom. The van der Waals surface area contributed by atoms with Crippen LogP contribution < -0.4 is 0 Å². The van der Waals surface area contributed by atoms with Gasteiger partial charge < -0.3 is 5.11 Å². The first-order valence-electron chi connectivity index (χ1n) is 3.06. The normalized spacial score (nSPS) is 16.6. The summed E-state index contributed by atoms with van der Waals surface area (Å²) in [5.74, 6) is 0. The van der Waals surface area contributed by atoms with Crippen molar-refractivity contribution in [1.82, 2.24) is 0 Å². The van der Waals surface area contributed by atoms with Gasteiger partial charge in [0.1, 0.15) is 0 Å². The minimum atomic E-state index is -1.60. The summed E-state index contributed by atoms with van der Waals surface area (Å²) in [6.45, 7) is 3.25. The molecule has 0 spiro atoms. The average molecular weight is 357 g/mol. The molecule has 0 saturated carbocycles. The molecule has 0 saturated heterocycles. The quantitative estimate of drug-likeness (QED) is 0.769. The van der Waals surface area contributed by atoms with Crippen LogP contribution in [0.15, 0.2) is 0 Å². The van der Waals surface area contributed by atoms with E-state index in [1.165, 1.54) is 0 Å². The van der Waals surface area contributed by atoms with E-state index in [9.17, 15) is 9.50 Å². The van der Waals surface area contributed by atoms with E-state index in [0.717, 1.165) is 0 Å². The fourth-order valence-corrected chi connectivity index (χ4v) is 2.42. The second kappa shape index (κ2) is 4.03. The largest absolute Gasteiger partial charge is 0.389 e. The molecule has 1 nitrogen and oxygen atoms in total. The predicted molar refractivity (Wildman–Crippen MR) is 55.3 cm³/mol. The summed E-state index contributed by atoms with van der Waals surface area (Å²) < 4.78 is 11.3. The molecule has 0 heterocycles. The van der Waals surface area contributed by atoms with Crippen molar-refractivity contribution in [2.45, 2.75) is 34.2 Å². The minimum Gasteiger partial charge on any atom is -0.389 e. The fraction of sp³-hybridized carbons (Fsp3) is 1.00. The Bertz CT molecular complexity index is 127. The van der Waals surface area contributed by atoms with Crippen LogP contribution in [0.1, 0.15) is 20.3 Å². The van der Waals surface area contributed by atoms with Crippen LogP contribution in [-0.2, 0) is 0 Å². The molecule has 0 aromatic heterocycles. The highest BCUT2D eigenvalue weighted by molar-refractivity contribution is 9.25. The van der Waals surface area contributed by atoms with Crippen molar-refractivity contribution in [3.8, 4) is 0 Å². The number of aliphatic hydroxyl groups is 1. The van der Waals surface area contributed by atoms with Crippen molar-refractivity contribution in [3.05, 3.63) is 0 Å². The molecular formula is C6H10Br3FO. The van der Waals surface area contributed by atoms with E-state index < -0.39 is 9.09 Å². The zero-order valence-corrected chi connectivity index (χ0v) is 11.0. The summed E-state index contributed by atoms with van der Waals surface area (Å²) in [6, 6.07) is 0. The average Bonchev–Trinajstić information content (AvgIpc) is 1.56. The third kappa shape index (κ3) is 6.49. The third-order valence-corrected chi connectivity index (χ3v) is 3.27. The maximum Gasteiger partial charge on any atom is 0.220 e. The fourth-order valence-electron chi connectivity index (χ4n) is 0.453.